The van der Waals surface area contributed by atoms with Crippen LogP contribution in [-0.2, 0) is 0 Å². The van der Waals surface area contributed by atoms with Crippen molar-refractivity contribution in [3.8, 4) is 5.88 Å². The number of anilines is 1. The molecular weight excluding hydrogens is 194 g/mol. The van der Waals surface area contributed by atoms with Crippen LogP contribution in [0.3, 0.4) is 0 Å². The highest BCUT2D eigenvalue weighted by molar-refractivity contribution is 5.54. The second-order valence-corrected chi connectivity index (χ2v) is 2.65. The van der Waals surface area contributed by atoms with Gasteiger partial charge in [-0.25, -0.2) is 4.98 Å². The molecular formula is C9H11N5O. The van der Waals surface area contributed by atoms with Gasteiger partial charge in [0.1, 0.15) is 0 Å². The molecule has 1 heterocycles. The van der Waals surface area contributed by atoms with Gasteiger partial charge in [0, 0.05) is 11.5 Å². The molecule has 0 spiro atoms. The summed E-state index contributed by atoms with van der Waals surface area (Å²) in [6.07, 6.45) is 3.44. The van der Waals surface area contributed by atoms with E-state index in [1.165, 1.54) is 7.11 Å². The molecule has 0 unspecified atom stereocenters. The van der Waals surface area contributed by atoms with Gasteiger partial charge in [-0.3, -0.25) is 0 Å². The van der Waals surface area contributed by atoms with Crippen LogP contribution in [0.5, 0.6) is 5.88 Å². The molecule has 1 aromatic rings. The predicted molar refractivity (Wildman–Crippen MR) is 58.2 cm³/mol. The summed E-state index contributed by atoms with van der Waals surface area (Å²) in [5.74, 6) is 0.390. The number of nitrogens with zero attached hydrogens (tertiary/aromatic N) is 4. The summed E-state index contributed by atoms with van der Waals surface area (Å²) in [7, 11) is 1.51. The van der Waals surface area contributed by atoms with Gasteiger partial charge in [0.2, 0.25) is 5.88 Å². The van der Waals surface area contributed by atoms with Gasteiger partial charge in [-0.15, -0.1) is 0 Å². The number of hydrogen-bond donors (Lipinski definition) is 1. The van der Waals surface area contributed by atoms with Crippen molar-refractivity contribution in [1.29, 1.82) is 0 Å². The van der Waals surface area contributed by atoms with Crippen molar-refractivity contribution in [2.24, 2.45) is 5.11 Å². The average molecular weight is 205 g/mol. The maximum absolute atomic E-state index is 8.05. The van der Waals surface area contributed by atoms with Crippen LogP contribution in [0.4, 0.5) is 5.69 Å². The molecule has 0 saturated carbocycles. The molecule has 78 valence electrons. The number of azide groups is 1. The lowest BCUT2D eigenvalue weighted by molar-refractivity contribution is 0.400. The smallest absolute Gasteiger partial charge is 0.237 e. The Morgan fingerprint density at radius 1 is 1.67 bits per heavy atom. The summed E-state index contributed by atoms with van der Waals surface area (Å²) in [5.41, 5.74) is 14.8. The Hall–Kier alpha value is -2.20. The van der Waals surface area contributed by atoms with Crippen LogP contribution in [0, 0.1) is 0 Å². The molecule has 0 fully saturated rings. The van der Waals surface area contributed by atoms with Gasteiger partial charge in [-0.05, 0) is 23.7 Å². The highest BCUT2D eigenvalue weighted by atomic mass is 16.5. The van der Waals surface area contributed by atoms with E-state index in [4.69, 9.17) is 16.0 Å². The van der Waals surface area contributed by atoms with Crippen LogP contribution in [0.2, 0.25) is 0 Å². The highest BCUT2D eigenvalue weighted by Gasteiger charge is 1.99. The van der Waals surface area contributed by atoms with Crippen LogP contribution < -0.4 is 10.5 Å². The lowest BCUT2D eigenvalue weighted by atomic mass is 10.3. The molecule has 0 bridgehead atoms. The lowest BCUT2D eigenvalue weighted by Gasteiger charge is -2.02. The lowest BCUT2D eigenvalue weighted by Crippen LogP contribution is -1.96. The van der Waals surface area contributed by atoms with E-state index in [9.17, 15) is 0 Å². The minimum absolute atomic E-state index is 0.296. The van der Waals surface area contributed by atoms with Gasteiger partial charge < -0.3 is 10.5 Å². The number of nitrogen functional groups attached to an aromatic ring is 1. The fourth-order valence-electron chi connectivity index (χ4n) is 0.979. The largest absolute Gasteiger partial charge is 0.480 e. The number of methoxy groups -OCH3 is 1. The van der Waals surface area contributed by atoms with E-state index in [1.807, 2.05) is 0 Å². The van der Waals surface area contributed by atoms with Crippen molar-refractivity contribution in [2.45, 2.75) is 0 Å². The summed E-state index contributed by atoms with van der Waals surface area (Å²) < 4.78 is 4.96. The Bertz CT molecular complexity index is 409. The molecule has 0 atom stereocenters. The summed E-state index contributed by atoms with van der Waals surface area (Å²) >= 11 is 0. The fraction of sp³-hybridized carbons (Fsp3) is 0.222. The minimum atomic E-state index is 0.296. The van der Waals surface area contributed by atoms with Crippen molar-refractivity contribution in [2.75, 3.05) is 19.4 Å². The van der Waals surface area contributed by atoms with Crippen LogP contribution in [0.15, 0.2) is 23.3 Å². The molecule has 1 aromatic heterocycles. The number of hydrogen-bond acceptors (Lipinski definition) is 4. The second-order valence-electron chi connectivity index (χ2n) is 2.65. The molecule has 6 heteroatoms. The Kier molecular flexibility index (Phi) is 4.00. The molecule has 0 saturated heterocycles. The Labute approximate surface area is 87.0 Å². The van der Waals surface area contributed by atoms with Crippen LogP contribution in [-0.4, -0.2) is 18.6 Å². The normalized spacial score (nSPS) is 9.93. The van der Waals surface area contributed by atoms with Gasteiger partial charge in [0.25, 0.3) is 0 Å². The fourth-order valence-corrected chi connectivity index (χ4v) is 0.979. The summed E-state index contributed by atoms with van der Waals surface area (Å²) in [4.78, 5) is 6.74. The van der Waals surface area contributed by atoms with Crippen molar-refractivity contribution < 1.29 is 4.74 Å². The van der Waals surface area contributed by atoms with E-state index in [0.29, 0.717) is 23.8 Å². The standard InChI is InChI=1S/C9H11N5O/c1-15-9-8(10)5-4-7(13-9)3-2-6-12-14-11/h2-5H,6,10H2,1H3. The Balaban J connectivity index is 2.78. The van der Waals surface area contributed by atoms with Crippen LogP contribution in [0.1, 0.15) is 5.69 Å². The monoisotopic (exact) mass is 205 g/mol. The first kappa shape index (κ1) is 10.9. The first-order valence-electron chi connectivity index (χ1n) is 4.26. The maximum Gasteiger partial charge on any atom is 0.237 e. The van der Waals surface area contributed by atoms with Gasteiger partial charge in [0.05, 0.1) is 18.5 Å². The van der Waals surface area contributed by atoms with Crippen molar-refractivity contribution in [3.05, 3.63) is 34.3 Å². The molecule has 0 aromatic carbocycles. The van der Waals surface area contributed by atoms with Crippen molar-refractivity contribution >= 4 is 11.8 Å². The van der Waals surface area contributed by atoms with E-state index in [-0.39, 0.29) is 0 Å². The highest BCUT2D eigenvalue weighted by Crippen LogP contribution is 2.18. The van der Waals surface area contributed by atoms with Gasteiger partial charge >= 0.3 is 0 Å². The van der Waals surface area contributed by atoms with E-state index >= 15 is 0 Å². The molecule has 0 amide bonds. The quantitative estimate of drug-likeness (QED) is 0.462. The zero-order valence-corrected chi connectivity index (χ0v) is 8.29. The van der Waals surface area contributed by atoms with Crippen LogP contribution >= 0.6 is 0 Å². The molecule has 0 aliphatic carbocycles. The molecule has 6 nitrogen and oxygen atoms in total. The van der Waals surface area contributed by atoms with Gasteiger partial charge in [-0.2, -0.15) is 0 Å². The Morgan fingerprint density at radius 3 is 3.13 bits per heavy atom. The van der Waals surface area contributed by atoms with E-state index in [1.54, 1.807) is 24.3 Å². The predicted octanol–water partition coefficient (Wildman–Crippen LogP) is 2.00. The van der Waals surface area contributed by atoms with Crippen LogP contribution in [0.25, 0.3) is 16.5 Å². The molecule has 0 radical (unpaired) electrons. The van der Waals surface area contributed by atoms with Gasteiger partial charge in [-0.1, -0.05) is 11.2 Å². The number of aromatic nitrogens is 1. The summed E-state index contributed by atoms with van der Waals surface area (Å²) in [6, 6.07) is 3.46. The van der Waals surface area contributed by atoms with Crippen molar-refractivity contribution in [3.63, 3.8) is 0 Å². The topological polar surface area (TPSA) is 96.9 Å². The molecule has 2 N–H and O–H groups in total. The average Bonchev–Trinajstić information content (AvgIpc) is 2.26. The van der Waals surface area contributed by atoms with Crippen molar-refractivity contribution in [1.82, 2.24) is 4.98 Å². The summed E-state index contributed by atoms with van der Waals surface area (Å²) in [5, 5.41) is 3.36. The maximum atomic E-state index is 8.05. The molecule has 0 aliphatic heterocycles. The van der Waals surface area contributed by atoms with Gasteiger partial charge in [0.15, 0.2) is 0 Å². The van der Waals surface area contributed by atoms with E-state index < -0.39 is 0 Å². The third-order valence-electron chi connectivity index (χ3n) is 1.64. The molecule has 1 rings (SSSR count). The minimum Gasteiger partial charge on any atom is -0.480 e. The zero-order chi connectivity index (χ0) is 11.1. The second kappa shape index (κ2) is 5.51. The molecule has 15 heavy (non-hydrogen) atoms. The number of rotatable bonds is 4. The third kappa shape index (κ3) is 3.21. The number of pyridine rings is 1. The molecule has 0 aliphatic rings. The summed E-state index contributed by atoms with van der Waals surface area (Å²) in [6.45, 7) is 0.296. The SMILES string of the molecule is COc1nc(C=CCN=[N+]=[N-])ccc1N. The van der Waals surface area contributed by atoms with E-state index in [0.717, 1.165) is 0 Å². The van der Waals surface area contributed by atoms with E-state index in [2.05, 4.69) is 15.0 Å². The number of nitrogens with two attached hydrogens (primary N) is 1. The zero-order valence-electron chi connectivity index (χ0n) is 8.29. The number of ether oxygens (including phenoxy) is 1. The third-order valence-corrected chi connectivity index (χ3v) is 1.64. The Morgan fingerprint density at radius 2 is 2.47 bits per heavy atom. The first-order valence-corrected chi connectivity index (χ1v) is 4.26. The first-order chi connectivity index (χ1) is 7.27.